The monoisotopic (exact) mass is 379 g/mol. The smallest absolute Gasteiger partial charge is 0.225 e. The molecule has 2 N–H and O–H groups in total. The van der Waals surface area contributed by atoms with Crippen molar-refractivity contribution in [3.8, 4) is 0 Å². The van der Waals surface area contributed by atoms with Crippen LogP contribution in [0.4, 0.5) is 0 Å². The minimum atomic E-state index is 0. The zero-order valence-corrected chi connectivity index (χ0v) is 16.8. The molecule has 3 rings (SSSR count). The molecule has 142 valence electrons. The molecule has 0 aromatic heterocycles. The Morgan fingerprint density at radius 2 is 1.67 bits per heavy atom. The quantitative estimate of drug-likeness (QED) is 0.816. The molecule has 3 aliphatic rings. The predicted molar refractivity (Wildman–Crippen MR) is 104 cm³/mol. The molecular formula is C18H35Cl2N3O. The first-order valence-corrected chi connectivity index (χ1v) is 9.42. The molecule has 0 aromatic carbocycles. The van der Waals surface area contributed by atoms with Crippen LogP contribution in [-0.4, -0.2) is 54.0 Å². The zero-order chi connectivity index (χ0) is 15.7. The minimum Gasteiger partial charge on any atom is -0.341 e. The van der Waals surface area contributed by atoms with Crippen LogP contribution in [0.5, 0.6) is 0 Å². The van der Waals surface area contributed by atoms with Gasteiger partial charge >= 0.3 is 0 Å². The summed E-state index contributed by atoms with van der Waals surface area (Å²) in [6, 6.07) is 0.934. The van der Waals surface area contributed by atoms with Gasteiger partial charge in [0.05, 0.1) is 0 Å². The summed E-state index contributed by atoms with van der Waals surface area (Å²) in [6.07, 6.45) is 7.03. The molecule has 3 atom stereocenters. The lowest BCUT2D eigenvalue weighted by molar-refractivity contribution is -0.137. The number of amides is 1. The van der Waals surface area contributed by atoms with Crippen molar-refractivity contribution in [2.24, 2.45) is 23.5 Å². The Morgan fingerprint density at radius 3 is 2.21 bits per heavy atom. The third kappa shape index (κ3) is 4.38. The Labute approximate surface area is 159 Å². The van der Waals surface area contributed by atoms with E-state index < -0.39 is 0 Å². The molecule has 1 heterocycles. The van der Waals surface area contributed by atoms with Crippen LogP contribution < -0.4 is 5.73 Å². The van der Waals surface area contributed by atoms with Crippen LogP contribution in [0.2, 0.25) is 0 Å². The second-order valence-corrected chi connectivity index (χ2v) is 7.64. The van der Waals surface area contributed by atoms with Gasteiger partial charge in [-0.3, -0.25) is 9.69 Å². The topological polar surface area (TPSA) is 49.6 Å². The van der Waals surface area contributed by atoms with Gasteiger partial charge in [0.1, 0.15) is 0 Å². The summed E-state index contributed by atoms with van der Waals surface area (Å²) in [5.74, 6) is 1.88. The third-order valence-corrected chi connectivity index (χ3v) is 6.57. The average Bonchev–Trinajstić information content (AvgIpc) is 2.97. The van der Waals surface area contributed by atoms with Gasteiger partial charge in [0.2, 0.25) is 5.91 Å². The SMILES string of the molecule is CCN(CC)C1CCN(C(=O)C2CC3CCCC(C2)C3N)C1.Cl.Cl. The van der Waals surface area contributed by atoms with Crippen molar-refractivity contribution >= 4 is 30.7 Å². The molecule has 0 aromatic rings. The highest BCUT2D eigenvalue weighted by Gasteiger charge is 2.42. The van der Waals surface area contributed by atoms with E-state index in [0.29, 0.717) is 29.8 Å². The molecule has 1 amide bonds. The van der Waals surface area contributed by atoms with Crippen LogP contribution in [-0.2, 0) is 4.79 Å². The Balaban J connectivity index is 0.00000144. The molecule has 2 aliphatic carbocycles. The summed E-state index contributed by atoms with van der Waals surface area (Å²) in [7, 11) is 0. The second-order valence-electron chi connectivity index (χ2n) is 7.64. The second kappa shape index (κ2) is 9.61. The Hall–Kier alpha value is -0.0300. The largest absolute Gasteiger partial charge is 0.341 e. The molecule has 3 unspecified atom stereocenters. The molecule has 1 saturated heterocycles. The average molecular weight is 380 g/mol. The van der Waals surface area contributed by atoms with Crippen LogP contribution in [0.1, 0.15) is 52.4 Å². The number of carbonyl (C=O) groups is 1. The summed E-state index contributed by atoms with van der Waals surface area (Å²) in [5.41, 5.74) is 6.37. The van der Waals surface area contributed by atoms with Crippen LogP contribution in [0.3, 0.4) is 0 Å². The molecular weight excluding hydrogens is 345 g/mol. The highest BCUT2D eigenvalue weighted by molar-refractivity contribution is 5.85. The van der Waals surface area contributed by atoms with Gasteiger partial charge in [-0.05, 0) is 57.0 Å². The van der Waals surface area contributed by atoms with E-state index in [0.717, 1.165) is 45.4 Å². The highest BCUT2D eigenvalue weighted by Crippen LogP contribution is 2.42. The number of fused-ring (bicyclic) bond motifs is 2. The molecule has 1 aliphatic heterocycles. The standard InChI is InChI=1S/C18H33N3O.2ClH/c1-3-20(4-2)16-8-9-21(12-16)18(22)15-10-13-6-5-7-14(11-15)17(13)19;;/h13-17H,3-12,19H2,1-2H3;2*1H. The van der Waals surface area contributed by atoms with Crippen LogP contribution in [0, 0.1) is 17.8 Å². The number of rotatable bonds is 4. The van der Waals surface area contributed by atoms with E-state index >= 15 is 0 Å². The van der Waals surface area contributed by atoms with E-state index in [1.807, 2.05) is 0 Å². The molecule has 6 heteroatoms. The van der Waals surface area contributed by atoms with Crippen LogP contribution in [0.25, 0.3) is 0 Å². The van der Waals surface area contributed by atoms with Gasteiger partial charge in [0.25, 0.3) is 0 Å². The normalized spacial score (nSPS) is 35.3. The highest BCUT2D eigenvalue weighted by atomic mass is 35.5. The van der Waals surface area contributed by atoms with Gasteiger partial charge in [-0.15, -0.1) is 24.8 Å². The molecule has 0 radical (unpaired) electrons. The number of hydrogen-bond donors (Lipinski definition) is 1. The van der Waals surface area contributed by atoms with E-state index in [2.05, 4.69) is 23.6 Å². The van der Waals surface area contributed by atoms with Crippen molar-refractivity contribution in [3.63, 3.8) is 0 Å². The molecule has 2 saturated carbocycles. The van der Waals surface area contributed by atoms with Crippen LogP contribution in [0.15, 0.2) is 0 Å². The number of nitrogens with two attached hydrogens (primary N) is 1. The van der Waals surface area contributed by atoms with Gasteiger partial charge in [0.15, 0.2) is 0 Å². The van der Waals surface area contributed by atoms with Gasteiger partial charge in [0, 0.05) is 31.1 Å². The molecule has 4 nitrogen and oxygen atoms in total. The summed E-state index contributed by atoms with van der Waals surface area (Å²) in [6.45, 7) is 8.52. The summed E-state index contributed by atoms with van der Waals surface area (Å²) in [5, 5.41) is 0. The van der Waals surface area contributed by atoms with Gasteiger partial charge in [-0.2, -0.15) is 0 Å². The van der Waals surface area contributed by atoms with Crippen molar-refractivity contribution in [1.82, 2.24) is 9.80 Å². The maximum atomic E-state index is 12.9. The summed E-state index contributed by atoms with van der Waals surface area (Å²) < 4.78 is 0. The van der Waals surface area contributed by atoms with Crippen molar-refractivity contribution in [2.75, 3.05) is 26.2 Å². The first kappa shape index (κ1) is 22.0. The Bertz CT molecular complexity index is 392. The van der Waals surface area contributed by atoms with E-state index in [9.17, 15) is 4.79 Å². The number of halogens is 2. The fourth-order valence-electron chi connectivity index (χ4n) is 5.23. The first-order chi connectivity index (χ1) is 10.6. The minimum absolute atomic E-state index is 0. The van der Waals surface area contributed by atoms with Crippen LogP contribution >= 0.6 is 24.8 Å². The fraction of sp³-hybridized carbons (Fsp3) is 0.944. The number of hydrogen-bond acceptors (Lipinski definition) is 3. The van der Waals surface area contributed by atoms with Gasteiger partial charge in [-0.25, -0.2) is 0 Å². The van der Waals surface area contributed by atoms with Crippen molar-refractivity contribution in [1.29, 1.82) is 0 Å². The number of nitrogens with zero attached hydrogens (tertiary/aromatic N) is 2. The van der Waals surface area contributed by atoms with Gasteiger partial charge in [-0.1, -0.05) is 20.3 Å². The lowest BCUT2D eigenvalue weighted by Gasteiger charge is -2.44. The lowest BCUT2D eigenvalue weighted by Crippen LogP contribution is -2.49. The molecule has 2 bridgehead atoms. The van der Waals surface area contributed by atoms with E-state index in [1.54, 1.807) is 0 Å². The maximum absolute atomic E-state index is 12.9. The van der Waals surface area contributed by atoms with Crippen molar-refractivity contribution < 1.29 is 4.79 Å². The number of carbonyl (C=O) groups excluding carboxylic acids is 1. The Morgan fingerprint density at radius 1 is 1.08 bits per heavy atom. The zero-order valence-electron chi connectivity index (χ0n) is 15.2. The maximum Gasteiger partial charge on any atom is 0.225 e. The lowest BCUT2D eigenvalue weighted by atomic mass is 9.65. The van der Waals surface area contributed by atoms with Crippen molar-refractivity contribution in [2.45, 2.75) is 64.5 Å². The fourth-order valence-corrected chi connectivity index (χ4v) is 5.23. The third-order valence-electron chi connectivity index (χ3n) is 6.57. The molecule has 3 fully saturated rings. The first-order valence-electron chi connectivity index (χ1n) is 9.42. The number of likely N-dealkylation sites (tertiary alicyclic amines) is 1. The number of likely N-dealkylation sites (N-methyl/N-ethyl adjacent to an activating group) is 1. The van der Waals surface area contributed by atoms with E-state index in [-0.39, 0.29) is 30.7 Å². The Kier molecular flexibility index (Phi) is 8.81. The summed E-state index contributed by atoms with van der Waals surface area (Å²) >= 11 is 0. The predicted octanol–water partition coefficient (Wildman–Crippen LogP) is 2.93. The van der Waals surface area contributed by atoms with Crippen molar-refractivity contribution in [3.05, 3.63) is 0 Å². The van der Waals surface area contributed by atoms with E-state index in [1.165, 1.54) is 19.3 Å². The molecule has 0 spiro atoms. The van der Waals surface area contributed by atoms with E-state index in [4.69, 9.17) is 5.73 Å². The summed E-state index contributed by atoms with van der Waals surface area (Å²) in [4.78, 5) is 17.6. The van der Waals surface area contributed by atoms with Gasteiger partial charge < -0.3 is 10.6 Å². The molecule has 24 heavy (non-hydrogen) atoms.